The summed E-state index contributed by atoms with van der Waals surface area (Å²) in [6.07, 6.45) is 2.74. The molecule has 7 heteroatoms. The molecule has 0 atom stereocenters. The van der Waals surface area contributed by atoms with Gasteiger partial charge in [-0.2, -0.15) is 4.31 Å². The molecule has 1 aliphatic heterocycles. The third-order valence-corrected chi connectivity index (χ3v) is 6.60. The predicted molar refractivity (Wildman–Crippen MR) is 101 cm³/mol. The molecule has 5 nitrogen and oxygen atoms in total. The second kappa shape index (κ2) is 7.68. The lowest BCUT2D eigenvalue weighted by atomic mass is 10.2. The van der Waals surface area contributed by atoms with Gasteiger partial charge in [-0.15, -0.1) is 0 Å². The first-order chi connectivity index (χ1) is 12.0. The molecule has 1 aliphatic rings. The van der Waals surface area contributed by atoms with Crippen LogP contribution in [0.5, 0.6) is 0 Å². The van der Waals surface area contributed by atoms with Crippen molar-refractivity contribution in [3.05, 3.63) is 58.6 Å². The van der Waals surface area contributed by atoms with E-state index in [1.807, 2.05) is 6.07 Å². The quantitative estimate of drug-likeness (QED) is 0.812. The number of carbonyl (C=O) groups is 1. The van der Waals surface area contributed by atoms with E-state index in [-0.39, 0.29) is 10.5 Å². The lowest BCUT2D eigenvalue weighted by Gasteiger charge is -2.26. The van der Waals surface area contributed by atoms with Crippen LogP contribution in [0, 0.1) is 0 Å². The summed E-state index contributed by atoms with van der Waals surface area (Å²) >= 11 is 3.35. The smallest absolute Gasteiger partial charge is 0.257 e. The fourth-order valence-electron chi connectivity index (χ4n) is 2.89. The minimum Gasteiger partial charge on any atom is -0.322 e. The van der Waals surface area contributed by atoms with E-state index < -0.39 is 15.9 Å². The Kier molecular flexibility index (Phi) is 5.56. The number of rotatable bonds is 4. The second-order valence-corrected chi connectivity index (χ2v) is 8.75. The molecule has 0 saturated carbocycles. The fraction of sp³-hybridized carbons (Fsp3) is 0.278. The monoisotopic (exact) mass is 422 g/mol. The molecule has 2 aromatic carbocycles. The molecule has 0 spiro atoms. The molecule has 0 unspecified atom stereocenters. The van der Waals surface area contributed by atoms with E-state index in [0.29, 0.717) is 18.8 Å². The van der Waals surface area contributed by atoms with Crippen molar-refractivity contribution in [2.24, 2.45) is 0 Å². The number of sulfonamides is 1. The molecule has 0 aliphatic carbocycles. The van der Waals surface area contributed by atoms with Crippen LogP contribution in [0.1, 0.15) is 29.6 Å². The molecule has 3 rings (SSSR count). The van der Waals surface area contributed by atoms with Crippen molar-refractivity contribution in [1.82, 2.24) is 4.31 Å². The van der Waals surface area contributed by atoms with Crippen molar-refractivity contribution in [1.29, 1.82) is 0 Å². The summed E-state index contributed by atoms with van der Waals surface area (Å²) in [5, 5.41) is 2.76. The molecule has 2 aromatic rings. The largest absolute Gasteiger partial charge is 0.322 e. The van der Waals surface area contributed by atoms with E-state index in [2.05, 4.69) is 21.2 Å². The molecule has 132 valence electrons. The lowest BCUT2D eigenvalue weighted by molar-refractivity contribution is 0.102. The first-order valence-electron chi connectivity index (χ1n) is 8.14. The first-order valence-corrected chi connectivity index (χ1v) is 10.4. The van der Waals surface area contributed by atoms with Crippen LogP contribution in [0.2, 0.25) is 0 Å². The van der Waals surface area contributed by atoms with Gasteiger partial charge in [0, 0.05) is 23.2 Å². The van der Waals surface area contributed by atoms with Crippen molar-refractivity contribution in [3.8, 4) is 0 Å². The zero-order valence-corrected chi connectivity index (χ0v) is 16.0. The molecular formula is C18H19BrN2O3S. The number of anilines is 1. The van der Waals surface area contributed by atoms with Gasteiger partial charge >= 0.3 is 0 Å². The Hall–Kier alpha value is -1.70. The van der Waals surface area contributed by atoms with Crippen molar-refractivity contribution in [2.75, 3.05) is 18.4 Å². The SMILES string of the molecule is O=C(Nc1cccc(Br)c1)c1ccccc1S(=O)(=O)N1CCCCC1. The van der Waals surface area contributed by atoms with E-state index >= 15 is 0 Å². The predicted octanol–water partition coefficient (Wildman–Crippen LogP) is 3.88. The van der Waals surface area contributed by atoms with E-state index in [0.717, 1.165) is 23.7 Å². The average Bonchev–Trinajstić information content (AvgIpc) is 2.62. The highest BCUT2D eigenvalue weighted by Gasteiger charge is 2.29. The highest BCUT2D eigenvalue weighted by molar-refractivity contribution is 9.10. The highest BCUT2D eigenvalue weighted by atomic mass is 79.9. The lowest BCUT2D eigenvalue weighted by Crippen LogP contribution is -2.36. The van der Waals surface area contributed by atoms with E-state index in [9.17, 15) is 13.2 Å². The van der Waals surface area contributed by atoms with E-state index in [1.54, 1.807) is 36.4 Å². The van der Waals surface area contributed by atoms with Crippen molar-refractivity contribution in [3.63, 3.8) is 0 Å². The Morgan fingerprint density at radius 2 is 1.72 bits per heavy atom. The summed E-state index contributed by atoms with van der Waals surface area (Å²) in [4.78, 5) is 12.7. The van der Waals surface area contributed by atoms with E-state index in [4.69, 9.17) is 0 Å². The second-order valence-electron chi connectivity index (χ2n) is 5.93. The molecular weight excluding hydrogens is 404 g/mol. The Bertz CT molecular complexity index is 877. The molecule has 25 heavy (non-hydrogen) atoms. The topological polar surface area (TPSA) is 66.5 Å². The van der Waals surface area contributed by atoms with Crippen LogP contribution in [0.15, 0.2) is 57.9 Å². The summed E-state index contributed by atoms with van der Waals surface area (Å²) in [7, 11) is -3.67. The number of hydrogen-bond acceptors (Lipinski definition) is 3. The Labute approximate surface area is 156 Å². The fourth-order valence-corrected chi connectivity index (χ4v) is 4.99. The Balaban J connectivity index is 1.91. The van der Waals surface area contributed by atoms with Gasteiger partial charge < -0.3 is 5.32 Å². The number of halogens is 1. The molecule has 0 aromatic heterocycles. The molecule has 1 saturated heterocycles. The molecule has 0 radical (unpaired) electrons. The van der Waals surface area contributed by atoms with Gasteiger partial charge in [0.05, 0.1) is 10.5 Å². The van der Waals surface area contributed by atoms with Gasteiger partial charge in [-0.3, -0.25) is 4.79 Å². The van der Waals surface area contributed by atoms with Gasteiger partial charge in [0.15, 0.2) is 0 Å². The maximum absolute atomic E-state index is 13.0. The maximum atomic E-state index is 13.0. The van der Waals surface area contributed by atoms with Gasteiger partial charge in [0.2, 0.25) is 10.0 Å². The zero-order chi connectivity index (χ0) is 17.9. The van der Waals surface area contributed by atoms with E-state index in [1.165, 1.54) is 10.4 Å². The Morgan fingerprint density at radius 3 is 2.44 bits per heavy atom. The van der Waals surface area contributed by atoms with Crippen LogP contribution in [0.3, 0.4) is 0 Å². The normalized spacial score (nSPS) is 15.7. The summed E-state index contributed by atoms with van der Waals surface area (Å²) in [6, 6.07) is 13.5. The third kappa shape index (κ3) is 4.11. The standard InChI is InChI=1S/C18H19BrN2O3S/c19-14-7-6-8-15(13-14)20-18(22)16-9-2-3-10-17(16)25(23,24)21-11-4-1-5-12-21/h2-3,6-10,13H,1,4-5,11-12H2,(H,20,22). The third-order valence-electron chi connectivity index (χ3n) is 4.15. The summed E-state index contributed by atoms with van der Waals surface area (Å²) in [6.45, 7) is 1.01. The number of nitrogens with one attached hydrogen (secondary N) is 1. The Morgan fingerprint density at radius 1 is 1.00 bits per heavy atom. The summed E-state index contributed by atoms with van der Waals surface area (Å²) < 4.78 is 28.2. The molecule has 1 fully saturated rings. The highest BCUT2D eigenvalue weighted by Crippen LogP contribution is 2.24. The van der Waals surface area contributed by atoms with Gasteiger partial charge in [-0.25, -0.2) is 8.42 Å². The number of piperidine rings is 1. The van der Waals surface area contributed by atoms with Gasteiger partial charge in [0.25, 0.3) is 5.91 Å². The number of carbonyl (C=O) groups excluding carboxylic acids is 1. The minimum atomic E-state index is -3.67. The van der Waals surface area contributed by atoms with Crippen LogP contribution in [-0.2, 0) is 10.0 Å². The minimum absolute atomic E-state index is 0.0596. The van der Waals surface area contributed by atoms with Gasteiger partial charge in [0.1, 0.15) is 0 Å². The van der Waals surface area contributed by atoms with Crippen molar-refractivity contribution in [2.45, 2.75) is 24.2 Å². The van der Waals surface area contributed by atoms with Crippen LogP contribution in [0.4, 0.5) is 5.69 Å². The number of nitrogens with zero attached hydrogens (tertiary/aromatic N) is 1. The van der Waals surface area contributed by atoms with Crippen LogP contribution in [-0.4, -0.2) is 31.7 Å². The van der Waals surface area contributed by atoms with Gasteiger partial charge in [-0.1, -0.05) is 40.5 Å². The average molecular weight is 423 g/mol. The number of amides is 1. The van der Waals surface area contributed by atoms with Crippen molar-refractivity contribution < 1.29 is 13.2 Å². The van der Waals surface area contributed by atoms with Crippen molar-refractivity contribution >= 4 is 37.5 Å². The molecule has 1 N–H and O–H groups in total. The van der Waals surface area contributed by atoms with Gasteiger partial charge in [-0.05, 0) is 43.2 Å². The zero-order valence-electron chi connectivity index (χ0n) is 13.6. The van der Waals surface area contributed by atoms with Crippen LogP contribution < -0.4 is 5.32 Å². The summed E-state index contributed by atoms with van der Waals surface area (Å²) in [5.41, 5.74) is 0.762. The number of hydrogen-bond donors (Lipinski definition) is 1. The summed E-state index contributed by atoms with van der Waals surface area (Å²) in [5.74, 6) is -0.436. The molecule has 1 amide bonds. The number of benzene rings is 2. The molecule has 0 bridgehead atoms. The van der Waals surface area contributed by atoms with Crippen LogP contribution >= 0.6 is 15.9 Å². The first kappa shape index (κ1) is 18.1. The molecule has 1 heterocycles. The maximum Gasteiger partial charge on any atom is 0.257 e. The van der Waals surface area contributed by atoms with Crippen LogP contribution in [0.25, 0.3) is 0 Å².